The molecule has 7 heteroatoms. The van der Waals surface area contributed by atoms with Crippen LogP contribution in [-0.2, 0) is 11.2 Å². The third kappa shape index (κ3) is 4.04. The molecule has 0 radical (unpaired) electrons. The first-order valence-electron chi connectivity index (χ1n) is 9.05. The molecule has 0 saturated heterocycles. The summed E-state index contributed by atoms with van der Waals surface area (Å²) in [6.45, 7) is 0.771. The quantitative estimate of drug-likeness (QED) is 0.633. The molecule has 4 rings (SSSR count). The van der Waals surface area contributed by atoms with E-state index in [1.807, 2.05) is 6.07 Å². The van der Waals surface area contributed by atoms with Crippen molar-refractivity contribution in [3.63, 3.8) is 0 Å². The van der Waals surface area contributed by atoms with Gasteiger partial charge in [0.05, 0.1) is 24.3 Å². The SMILES string of the molecule is Brc1ccccc1CCO[C@H]1CC[C@H](Nc2ncnc3[nH]ncc23)CC1. The number of nitrogens with zero attached hydrogens (tertiary/aromatic N) is 3. The van der Waals surface area contributed by atoms with Crippen molar-refractivity contribution in [3.8, 4) is 0 Å². The molecule has 0 amide bonds. The molecule has 0 unspecified atom stereocenters. The highest BCUT2D eigenvalue weighted by atomic mass is 79.9. The van der Waals surface area contributed by atoms with Crippen LogP contribution >= 0.6 is 15.9 Å². The molecule has 0 aliphatic heterocycles. The second-order valence-corrected chi connectivity index (χ2v) is 7.54. The molecule has 0 bridgehead atoms. The Bertz CT molecular complexity index is 860. The van der Waals surface area contributed by atoms with Gasteiger partial charge < -0.3 is 10.1 Å². The van der Waals surface area contributed by atoms with Crippen LogP contribution in [0.1, 0.15) is 31.2 Å². The summed E-state index contributed by atoms with van der Waals surface area (Å²) in [6.07, 6.45) is 8.97. The number of rotatable bonds is 6. The lowest BCUT2D eigenvalue weighted by Gasteiger charge is -2.29. The van der Waals surface area contributed by atoms with Gasteiger partial charge in [0, 0.05) is 10.5 Å². The average molecular weight is 416 g/mol. The fourth-order valence-corrected chi connectivity index (χ4v) is 3.97. The molecule has 1 aliphatic rings. The first kappa shape index (κ1) is 17.4. The third-order valence-corrected chi connectivity index (χ3v) is 5.72. The smallest absolute Gasteiger partial charge is 0.160 e. The van der Waals surface area contributed by atoms with Crippen molar-refractivity contribution >= 4 is 32.8 Å². The molecule has 0 atom stereocenters. The molecule has 6 nitrogen and oxygen atoms in total. The Morgan fingerprint density at radius 3 is 2.85 bits per heavy atom. The van der Waals surface area contributed by atoms with Crippen molar-refractivity contribution in [1.29, 1.82) is 0 Å². The van der Waals surface area contributed by atoms with Crippen LogP contribution in [0.25, 0.3) is 11.0 Å². The van der Waals surface area contributed by atoms with Gasteiger partial charge in [0.15, 0.2) is 5.65 Å². The van der Waals surface area contributed by atoms with E-state index in [9.17, 15) is 0 Å². The van der Waals surface area contributed by atoms with E-state index < -0.39 is 0 Å². The van der Waals surface area contributed by atoms with Gasteiger partial charge in [-0.1, -0.05) is 34.1 Å². The lowest BCUT2D eigenvalue weighted by Crippen LogP contribution is -2.30. The Kier molecular flexibility index (Phi) is 5.45. The highest BCUT2D eigenvalue weighted by Crippen LogP contribution is 2.26. The predicted molar refractivity (Wildman–Crippen MR) is 105 cm³/mol. The Labute approximate surface area is 160 Å². The molecule has 26 heavy (non-hydrogen) atoms. The van der Waals surface area contributed by atoms with Crippen LogP contribution in [0.5, 0.6) is 0 Å². The van der Waals surface area contributed by atoms with Crippen LogP contribution in [0.3, 0.4) is 0 Å². The zero-order valence-corrected chi connectivity index (χ0v) is 16.1. The molecule has 1 aromatic carbocycles. The zero-order valence-electron chi connectivity index (χ0n) is 14.5. The van der Waals surface area contributed by atoms with E-state index in [1.54, 1.807) is 12.5 Å². The normalized spacial score (nSPS) is 20.3. The number of benzene rings is 1. The van der Waals surface area contributed by atoms with E-state index in [0.29, 0.717) is 12.1 Å². The topological polar surface area (TPSA) is 75.7 Å². The second-order valence-electron chi connectivity index (χ2n) is 6.68. The van der Waals surface area contributed by atoms with Crippen LogP contribution in [0.15, 0.2) is 41.3 Å². The maximum absolute atomic E-state index is 6.11. The summed E-state index contributed by atoms with van der Waals surface area (Å²) in [4.78, 5) is 8.55. The van der Waals surface area contributed by atoms with Crippen LogP contribution in [0.4, 0.5) is 5.82 Å². The lowest BCUT2D eigenvalue weighted by atomic mass is 9.93. The molecule has 2 aromatic heterocycles. The van der Waals surface area contributed by atoms with Crippen LogP contribution in [0, 0.1) is 0 Å². The number of fused-ring (bicyclic) bond motifs is 1. The number of aromatic nitrogens is 4. The van der Waals surface area contributed by atoms with Gasteiger partial charge in [-0.15, -0.1) is 0 Å². The molecular formula is C19H22BrN5O. The van der Waals surface area contributed by atoms with Gasteiger partial charge in [-0.25, -0.2) is 9.97 Å². The van der Waals surface area contributed by atoms with Crippen molar-refractivity contribution in [1.82, 2.24) is 20.2 Å². The van der Waals surface area contributed by atoms with Crippen molar-refractivity contribution in [2.75, 3.05) is 11.9 Å². The van der Waals surface area contributed by atoms with Gasteiger partial charge in [-0.05, 0) is 43.7 Å². The van der Waals surface area contributed by atoms with Crippen molar-refractivity contribution < 1.29 is 4.74 Å². The maximum atomic E-state index is 6.11. The Morgan fingerprint density at radius 1 is 1.15 bits per heavy atom. The third-order valence-electron chi connectivity index (χ3n) is 4.95. The summed E-state index contributed by atoms with van der Waals surface area (Å²) < 4.78 is 7.27. The maximum Gasteiger partial charge on any atom is 0.160 e. The highest BCUT2D eigenvalue weighted by molar-refractivity contribution is 9.10. The molecule has 1 saturated carbocycles. The van der Waals surface area contributed by atoms with Gasteiger partial charge in [0.2, 0.25) is 0 Å². The number of aromatic amines is 1. The summed E-state index contributed by atoms with van der Waals surface area (Å²) in [7, 11) is 0. The van der Waals surface area contributed by atoms with E-state index in [4.69, 9.17) is 4.74 Å². The minimum Gasteiger partial charge on any atom is -0.378 e. The summed E-state index contributed by atoms with van der Waals surface area (Å²) in [5.41, 5.74) is 2.07. The Morgan fingerprint density at radius 2 is 2.00 bits per heavy atom. The van der Waals surface area contributed by atoms with Crippen LogP contribution in [0.2, 0.25) is 0 Å². The van der Waals surface area contributed by atoms with E-state index in [-0.39, 0.29) is 0 Å². The van der Waals surface area contributed by atoms with E-state index >= 15 is 0 Å². The monoisotopic (exact) mass is 415 g/mol. The summed E-state index contributed by atoms with van der Waals surface area (Å²) in [5, 5.41) is 11.4. The van der Waals surface area contributed by atoms with Gasteiger partial charge in [-0.3, -0.25) is 5.10 Å². The molecule has 136 valence electrons. The molecule has 2 N–H and O–H groups in total. The van der Waals surface area contributed by atoms with Crippen LogP contribution in [-0.4, -0.2) is 38.9 Å². The largest absolute Gasteiger partial charge is 0.378 e. The first-order chi connectivity index (χ1) is 12.8. The average Bonchev–Trinajstić information content (AvgIpc) is 3.15. The molecule has 1 fully saturated rings. The van der Waals surface area contributed by atoms with Crippen molar-refractivity contribution in [3.05, 3.63) is 46.8 Å². The summed E-state index contributed by atoms with van der Waals surface area (Å²) in [6, 6.07) is 8.76. The number of hydrogen-bond donors (Lipinski definition) is 2. The first-order valence-corrected chi connectivity index (χ1v) is 9.84. The van der Waals surface area contributed by atoms with Crippen molar-refractivity contribution in [2.45, 2.75) is 44.2 Å². The number of halogens is 1. The fourth-order valence-electron chi connectivity index (χ4n) is 3.48. The number of H-pyrrole nitrogens is 1. The van der Waals surface area contributed by atoms with E-state index in [1.165, 1.54) is 5.56 Å². The van der Waals surface area contributed by atoms with Gasteiger partial charge in [-0.2, -0.15) is 5.10 Å². The van der Waals surface area contributed by atoms with E-state index in [0.717, 1.165) is 60.0 Å². The summed E-state index contributed by atoms with van der Waals surface area (Å²) >= 11 is 3.60. The van der Waals surface area contributed by atoms with Crippen LogP contribution < -0.4 is 5.32 Å². The van der Waals surface area contributed by atoms with Gasteiger partial charge in [0.25, 0.3) is 0 Å². The minimum absolute atomic E-state index is 0.356. The molecular weight excluding hydrogens is 394 g/mol. The number of ether oxygens (including phenoxy) is 1. The zero-order chi connectivity index (χ0) is 17.8. The summed E-state index contributed by atoms with van der Waals surface area (Å²) in [5.74, 6) is 0.863. The highest BCUT2D eigenvalue weighted by Gasteiger charge is 2.22. The van der Waals surface area contributed by atoms with Gasteiger partial charge >= 0.3 is 0 Å². The minimum atomic E-state index is 0.356. The Hall–Kier alpha value is -1.99. The molecule has 3 aromatic rings. The Balaban J connectivity index is 1.24. The number of nitrogens with one attached hydrogen (secondary N) is 2. The van der Waals surface area contributed by atoms with Crippen molar-refractivity contribution in [2.24, 2.45) is 0 Å². The number of hydrogen-bond acceptors (Lipinski definition) is 5. The molecule has 2 heterocycles. The van der Waals surface area contributed by atoms with E-state index in [2.05, 4.69) is 59.6 Å². The molecule has 1 aliphatic carbocycles. The fraction of sp³-hybridized carbons (Fsp3) is 0.421. The standard InChI is InChI=1S/C19H22BrN5O/c20-17-4-2-1-3-13(17)9-10-26-15-7-5-14(6-8-15)24-18-16-11-23-25-19(16)22-12-21-18/h1-4,11-12,14-15H,5-10H2,(H2,21,22,23,24,25)/t14-,15-. The predicted octanol–water partition coefficient (Wildman–Crippen LogP) is 4.10. The lowest BCUT2D eigenvalue weighted by molar-refractivity contribution is 0.0282. The molecule has 0 spiro atoms. The second kappa shape index (κ2) is 8.14. The number of anilines is 1. The van der Waals surface area contributed by atoms with Gasteiger partial charge in [0.1, 0.15) is 12.1 Å².